The number of ether oxygens (including phenoxy) is 1. The second-order valence-electron chi connectivity index (χ2n) is 5.05. The Labute approximate surface area is 103 Å². The van der Waals surface area contributed by atoms with Crippen molar-refractivity contribution in [3.05, 3.63) is 29.8 Å². The van der Waals surface area contributed by atoms with E-state index < -0.39 is 5.60 Å². The Morgan fingerprint density at radius 3 is 2.35 bits per heavy atom. The Hall–Kier alpha value is -1.06. The molecule has 3 heteroatoms. The van der Waals surface area contributed by atoms with Crippen LogP contribution in [0.4, 0.5) is 0 Å². The number of rotatable bonds is 3. The van der Waals surface area contributed by atoms with Gasteiger partial charge in [0.25, 0.3) is 0 Å². The van der Waals surface area contributed by atoms with Gasteiger partial charge >= 0.3 is 0 Å². The molecule has 1 saturated heterocycles. The van der Waals surface area contributed by atoms with E-state index in [1.165, 1.54) is 5.56 Å². The van der Waals surface area contributed by atoms with Gasteiger partial charge in [0, 0.05) is 19.5 Å². The van der Waals surface area contributed by atoms with Crippen LogP contribution in [-0.4, -0.2) is 42.9 Å². The minimum Gasteiger partial charge on any atom is -0.497 e. The molecule has 1 aliphatic rings. The van der Waals surface area contributed by atoms with Crippen molar-refractivity contribution in [2.24, 2.45) is 0 Å². The van der Waals surface area contributed by atoms with Gasteiger partial charge in [-0.2, -0.15) is 0 Å². The summed E-state index contributed by atoms with van der Waals surface area (Å²) in [4.78, 5) is 2.27. The van der Waals surface area contributed by atoms with Gasteiger partial charge in [0.2, 0.25) is 0 Å². The maximum absolute atomic E-state index is 10.5. The Balaban J connectivity index is 1.99. The fourth-order valence-electron chi connectivity index (χ4n) is 2.33. The molecule has 1 fully saturated rings. The van der Waals surface area contributed by atoms with Gasteiger partial charge in [-0.1, -0.05) is 12.1 Å². The molecule has 0 saturated carbocycles. The third-order valence-corrected chi connectivity index (χ3v) is 3.61. The smallest absolute Gasteiger partial charge is 0.118 e. The van der Waals surface area contributed by atoms with Crippen molar-refractivity contribution >= 4 is 0 Å². The van der Waals surface area contributed by atoms with E-state index in [1.54, 1.807) is 7.11 Å². The zero-order valence-corrected chi connectivity index (χ0v) is 10.6. The highest BCUT2D eigenvalue weighted by Gasteiger charge is 2.31. The van der Waals surface area contributed by atoms with Crippen LogP contribution in [0.15, 0.2) is 24.3 Å². The number of hydrogen-bond acceptors (Lipinski definition) is 3. The highest BCUT2D eigenvalue weighted by atomic mass is 16.5. The Kier molecular flexibility index (Phi) is 3.69. The average Bonchev–Trinajstić information content (AvgIpc) is 2.34. The molecule has 1 aliphatic heterocycles. The van der Waals surface area contributed by atoms with Gasteiger partial charge in [0.05, 0.1) is 12.7 Å². The number of nitrogens with zero attached hydrogens (tertiary/aromatic N) is 1. The van der Waals surface area contributed by atoms with Gasteiger partial charge in [-0.25, -0.2) is 0 Å². The first-order valence-electron chi connectivity index (χ1n) is 6.15. The summed E-state index contributed by atoms with van der Waals surface area (Å²) in [6, 6.07) is 7.98. The zero-order valence-electron chi connectivity index (χ0n) is 10.6. The molecule has 0 unspecified atom stereocenters. The summed E-state index contributed by atoms with van der Waals surface area (Å²) < 4.78 is 5.13. The van der Waals surface area contributed by atoms with E-state index in [1.807, 2.05) is 24.3 Å². The number of likely N-dealkylation sites (tertiary alicyclic amines) is 1. The fraction of sp³-hybridized carbons (Fsp3) is 0.571. The molecule has 0 bridgehead atoms. The molecule has 1 aromatic carbocycles. The number of hydrogen-bond donors (Lipinski definition) is 1. The highest BCUT2D eigenvalue weighted by molar-refractivity contribution is 5.28. The molecular formula is C14H21NO2. The molecule has 0 spiro atoms. The first-order valence-corrected chi connectivity index (χ1v) is 6.15. The van der Waals surface area contributed by atoms with Gasteiger partial charge in [0.1, 0.15) is 5.75 Å². The van der Waals surface area contributed by atoms with Crippen LogP contribution in [0.25, 0.3) is 0 Å². The molecule has 2 rings (SSSR count). The van der Waals surface area contributed by atoms with E-state index in [2.05, 4.69) is 11.9 Å². The lowest BCUT2D eigenvalue weighted by molar-refractivity contribution is -0.0150. The van der Waals surface area contributed by atoms with Crippen molar-refractivity contribution in [3.8, 4) is 5.75 Å². The van der Waals surface area contributed by atoms with Crippen molar-refractivity contribution in [1.82, 2.24) is 4.90 Å². The van der Waals surface area contributed by atoms with Gasteiger partial charge in [0.15, 0.2) is 0 Å². The number of benzene rings is 1. The summed E-state index contributed by atoms with van der Waals surface area (Å²) in [6.07, 6.45) is 2.45. The second-order valence-corrected chi connectivity index (χ2v) is 5.05. The lowest BCUT2D eigenvalue weighted by atomic mass is 9.85. The molecule has 0 aromatic heterocycles. The molecule has 1 aromatic rings. The van der Waals surface area contributed by atoms with E-state index in [-0.39, 0.29) is 0 Å². The van der Waals surface area contributed by atoms with Crippen LogP contribution in [0.5, 0.6) is 5.75 Å². The third-order valence-electron chi connectivity index (χ3n) is 3.61. The monoisotopic (exact) mass is 235 g/mol. The molecule has 1 N–H and O–H groups in total. The standard InChI is InChI=1S/C14H21NO2/c1-15-9-7-14(16,8-10-15)11-12-3-5-13(17-2)6-4-12/h3-6,16H,7-11H2,1-2H3. The lowest BCUT2D eigenvalue weighted by Gasteiger charge is -2.36. The Morgan fingerprint density at radius 2 is 1.82 bits per heavy atom. The normalized spacial score (nSPS) is 20.2. The summed E-state index contributed by atoms with van der Waals surface area (Å²) in [6.45, 7) is 1.96. The maximum atomic E-state index is 10.5. The predicted octanol–water partition coefficient (Wildman–Crippen LogP) is 1.69. The van der Waals surface area contributed by atoms with Crippen molar-refractivity contribution in [3.63, 3.8) is 0 Å². The van der Waals surface area contributed by atoms with E-state index in [9.17, 15) is 5.11 Å². The Morgan fingerprint density at radius 1 is 1.24 bits per heavy atom. The van der Waals surface area contributed by atoms with E-state index >= 15 is 0 Å². The maximum Gasteiger partial charge on any atom is 0.118 e. The largest absolute Gasteiger partial charge is 0.497 e. The van der Waals surface area contributed by atoms with Crippen LogP contribution in [0.2, 0.25) is 0 Å². The molecule has 3 nitrogen and oxygen atoms in total. The molecule has 0 atom stereocenters. The summed E-state index contributed by atoms with van der Waals surface area (Å²) in [5, 5.41) is 10.5. The molecule has 0 aliphatic carbocycles. The summed E-state index contributed by atoms with van der Waals surface area (Å²) >= 11 is 0. The molecule has 0 radical (unpaired) electrons. The summed E-state index contributed by atoms with van der Waals surface area (Å²) in [5.74, 6) is 0.865. The van der Waals surface area contributed by atoms with Crippen LogP contribution < -0.4 is 4.74 Å². The number of piperidine rings is 1. The van der Waals surface area contributed by atoms with Crippen LogP contribution in [-0.2, 0) is 6.42 Å². The topological polar surface area (TPSA) is 32.7 Å². The molecule has 1 heterocycles. The van der Waals surface area contributed by atoms with Crippen molar-refractivity contribution in [1.29, 1.82) is 0 Å². The minimum absolute atomic E-state index is 0.527. The molecular weight excluding hydrogens is 214 g/mol. The van der Waals surface area contributed by atoms with E-state index in [0.29, 0.717) is 0 Å². The number of methoxy groups -OCH3 is 1. The Bertz CT molecular complexity index is 353. The van der Waals surface area contributed by atoms with Crippen LogP contribution >= 0.6 is 0 Å². The van der Waals surface area contributed by atoms with Crippen LogP contribution in [0.3, 0.4) is 0 Å². The third kappa shape index (κ3) is 3.20. The summed E-state index contributed by atoms with van der Waals surface area (Å²) in [7, 11) is 3.77. The SMILES string of the molecule is COc1ccc(CC2(O)CCN(C)CC2)cc1. The van der Waals surface area contributed by atoms with Crippen LogP contribution in [0, 0.1) is 0 Å². The molecule has 94 valence electrons. The van der Waals surface area contributed by atoms with Crippen molar-refractivity contribution < 1.29 is 9.84 Å². The number of aliphatic hydroxyl groups is 1. The van der Waals surface area contributed by atoms with Crippen LogP contribution in [0.1, 0.15) is 18.4 Å². The van der Waals surface area contributed by atoms with E-state index in [0.717, 1.165) is 38.1 Å². The highest BCUT2D eigenvalue weighted by Crippen LogP contribution is 2.26. The second kappa shape index (κ2) is 5.07. The molecule has 0 amide bonds. The minimum atomic E-state index is -0.527. The predicted molar refractivity (Wildman–Crippen MR) is 68.4 cm³/mol. The van der Waals surface area contributed by atoms with Crippen molar-refractivity contribution in [2.75, 3.05) is 27.2 Å². The fourth-order valence-corrected chi connectivity index (χ4v) is 2.33. The van der Waals surface area contributed by atoms with Gasteiger partial charge < -0.3 is 14.7 Å². The first kappa shape index (κ1) is 12.4. The first-order chi connectivity index (χ1) is 8.11. The quantitative estimate of drug-likeness (QED) is 0.865. The molecule has 17 heavy (non-hydrogen) atoms. The van der Waals surface area contributed by atoms with Gasteiger partial charge in [-0.3, -0.25) is 0 Å². The van der Waals surface area contributed by atoms with Gasteiger partial charge in [-0.15, -0.1) is 0 Å². The lowest BCUT2D eigenvalue weighted by Crippen LogP contribution is -2.44. The van der Waals surface area contributed by atoms with Gasteiger partial charge in [-0.05, 0) is 37.6 Å². The average molecular weight is 235 g/mol. The van der Waals surface area contributed by atoms with E-state index in [4.69, 9.17) is 4.74 Å². The zero-order chi connectivity index (χ0) is 12.3. The summed E-state index contributed by atoms with van der Waals surface area (Å²) in [5.41, 5.74) is 0.652. The van der Waals surface area contributed by atoms with Crippen molar-refractivity contribution in [2.45, 2.75) is 24.9 Å².